The second kappa shape index (κ2) is 6.98. The molecule has 4 rings (SSSR count). The van der Waals surface area contributed by atoms with Gasteiger partial charge in [0.25, 0.3) is 0 Å². The van der Waals surface area contributed by atoms with E-state index in [1.165, 1.54) is 22.5 Å². The molecule has 0 aliphatic carbocycles. The Morgan fingerprint density at radius 1 is 1.20 bits per heavy atom. The maximum Gasteiger partial charge on any atom is 0.223 e. The normalized spacial score (nSPS) is 13.7. The van der Waals surface area contributed by atoms with E-state index < -0.39 is 0 Å². The van der Waals surface area contributed by atoms with E-state index in [-0.39, 0.29) is 5.91 Å². The number of thiophene rings is 1. The zero-order chi connectivity index (χ0) is 17.2. The highest BCUT2D eigenvalue weighted by Gasteiger charge is 2.21. The fourth-order valence-corrected chi connectivity index (χ4v) is 4.88. The Bertz CT molecular complexity index is 886. The van der Waals surface area contributed by atoms with Crippen LogP contribution >= 0.6 is 22.7 Å². The van der Waals surface area contributed by atoms with Gasteiger partial charge in [0.15, 0.2) is 5.13 Å². The number of hydrogen-bond donors (Lipinski definition) is 1. The summed E-state index contributed by atoms with van der Waals surface area (Å²) in [6.07, 6.45) is 2.14. The highest BCUT2D eigenvalue weighted by Crippen LogP contribution is 2.33. The molecule has 1 aliphatic rings. The summed E-state index contributed by atoms with van der Waals surface area (Å²) in [4.78, 5) is 21.3. The first-order chi connectivity index (χ1) is 12.2. The molecule has 3 heterocycles. The molecule has 2 aromatic heterocycles. The summed E-state index contributed by atoms with van der Waals surface area (Å²) in [6.45, 7) is 1.52. The van der Waals surface area contributed by atoms with Crippen molar-refractivity contribution < 1.29 is 4.79 Å². The van der Waals surface area contributed by atoms with E-state index >= 15 is 0 Å². The molecule has 1 aliphatic heterocycles. The van der Waals surface area contributed by atoms with Crippen LogP contribution in [0.1, 0.15) is 22.4 Å². The van der Waals surface area contributed by atoms with Crippen molar-refractivity contribution in [3.63, 3.8) is 0 Å². The van der Waals surface area contributed by atoms with Crippen LogP contribution < -0.4 is 5.73 Å². The molecule has 128 valence electrons. The highest BCUT2D eigenvalue weighted by molar-refractivity contribution is 7.17. The van der Waals surface area contributed by atoms with Gasteiger partial charge in [-0.1, -0.05) is 30.3 Å². The number of anilines is 1. The highest BCUT2D eigenvalue weighted by atomic mass is 32.1. The van der Waals surface area contributed by atoms with Crippen molar-refractivity contribution in [2.24, 2.45) is 0 Å². The quantitative estimate of drug-likeness (QED) is 0.757. The first-order valence-corrected chi connectivity index (χ1v) is 10.0. The Labute approximate surface area is 154 Å². The number of fused-ring (bicyclic) bond motifs is 1. The van der Waals surface area contributed by atoms with E-state index in [9.17, 15) is 4.79 Å². The van der Waals surface area contributed by atoms with Crippen LogP contribution in [-0.4, -0.2) is 22.3 Å². The molecule has 0 fully saturated rings. The van der Waals surface area contributed by atoms with Crippen molar-refractivity contribution in [3.8, 4) is 10.6 Å². The van der Waals surface area contributed by atoms with E-state index in [4.69, 9.17) is 5.73 Å². The Kier molecular flexibility index (Phi) is 4.55. The average Bonchev–Trinajstić information content (AvgIpc) is 3.28. The van der Waals surface area contributed by atoms with Gasteiger partial charge in [-0.15, -0.1) is 22.7 Å². The molecule has 1 aromatic carbocycles. The molecule has 0 spiro atoms. The summed E-state index contributed by atoms with van der Waals surface area (Å²) in [5.41, 5.74) is 9.47. The summed E-state index contributed by atoms with van der Waals surface area (Å²) in [7, 11) is 0. The lowest BCUT2D eigenvalue weighted by molar-refractivity contribution is -0.132. The monoisotopic (exact) mass is 369 g/mol. The Balaban J connectivity index is 1.43. The van der Waals surface area contributed by atoms with Crippen LogP contribution in [0.25, 0.3) is 10.6 Å². The summed E-state index contributed by atoms with van der Waals surface area (Å²) in [5, 5.41) is 2.60. The minimum absolute atomic E-state index is 0.207. The van der Waals surface area contributed by atoms with Crippen molar-refractivity contribution in [1.82, 2.24) is 9.88 Å². The maximum atomic E-state index is 12.7. The fraction of sp³-hybridized carbons (Fsp3) is 0.263. The Morgan fingerprint density at radius 3 is 2.84 bits per heavy atom. The molecule has 4 nitrogen and oxygen atoms in total. The number of aromatic nitrogens is 1. The Morgan fingerprint density at radius 2 is 2.04 bits per heavy atom. The zero-order valence-corrected chi connectivity index (χ0v) is 15.4. The standard InChI is InChI=1S/C19H19N3OS2/c20-19-21-18(15-6-3-11-24-15)16(25-19)7-8-17(23)22-10-9-13-4-1-2-5-14(13)12-22/h1-6,11H,7-10,12H2,(H2,20,21). The van der Waals surface area contributed by atoms with Gasteiger partial charge in [-0.2, -0.15) is 0 Å². The lowest BCUT2D eigenvalue weighted by Gasteiger charge is -2.29. The van der Waals surface area contributed by atoms with Crippen LogP contribution in [0.4, 0.5) is 5.13 Å². The number of carbonyl (C=O) groups is 1. The number of nitrogen functional groups attached to an aromatic ring is 1. The molecule has 0 saturated heterocycles. The van der Waals surface area contributed by atoms with Crippen molar-refractivity contribution in [2.75, 3.05) is 12.3 Å². The molecule has 0 radical (unpaired) electrons. The van der Waals surface area contributed by atoms with Gasteiger partial charge >= 0.3 is 0 Å². The van der Waals surface area contributed by atoms with E-state index in [2.05, 4.69) is 23.2 Å². The number of nitrogens with two attached hydrogens (primary N) is 1. The van der Waals surface area contributed by atoms with Crippen LogP contribution in [0.15, 0.2) is 41.8 Å². The largest absolute Gasteiger partial charge is 0.375 e. The number of carbonyl (C=O) groups excluding carboxylic acids is 1. The molecule has 0 atom stereocenters. The van der Waals surface area contributed by atoms with Crippen molar-refractivity contribution >= 4 is 33.7 Å². The van der Waals surface area contributed by atoms with Crippen LogP contribution in [0.5, 0.6) is 0 Å². The van der Waals surface area contributed by atoms with Gasteiger partial charge in [0, 0.05) is 24.4 Å². The minimum atomic E-state index is 0.207. The number of rotatable bonds is 4. The number of amides is 1. The van der Waals surface area contributed by atoms with Gasteiger partial charge in [-0.05, 0) is 35.4 Å². The number of nitrogens with zero attached hydrogens (tertiary/aromatic N) is 2. The van der Waals surface area contributed by atoms with Gasteiger partial charge in [-0.3, -0.25) is 4.79 Å². The maximum absolute atomic E-state index is 12.7. The van der Waals surface area contributed by atoms with Crippen LogP contribution in [0, 0.1) is 0 Å². The third-order valence-electron chi connectivity index (χ3n) is 4.52. The van der Waals surface area contributed by atoms with Crippen molar-refractivity contribution in [1.29, 1.82) is 0 Å². The second-order valence-electron chi connectivity index (χ2n) is 6.14. The summed E-state index contributed by atoms with van der Waals surface area (Å²) < 4.78 is 0. The predicted octanol–water partition coefficient (Wildman–Crippen LogP) is 3.97. The van der Waals surface area contributed by atoms with Gasteiger partial charge < -0.3 is 10.6 Å². The topological polar surface area (TPSA) is 59.2 Å². The van der Waals surface area contributed by atoms with Crippen molar-refractivity contribution in [3.05, 3.63) is 57.8 Å². The SMILES string of the molecule is Nc1nc(-c2cccs2)c(CCC(=O)N2CCc3ccccc3C2)s1. The van der Waals surface area contributed by atoms with Crippen molar-refractivity contribution in [2.45, 2.75) is 25.8 Å². The molecule has 0 bridgehead atoms. The van der Waals surface area contributed by atoms with E-state index in [0.717, 1.165) is 35.0 Å². The minimum Gasteiger partial charge on any atom is -0.375 e. The lowest BCUT2D eigenvalue weighted by Crippen LogP contribution is -2.36. The first kappa shape index (κ1) is 16.3. The molecule has 25 heavy (non-hydrogen) atoms. The Hall–Kier alpha value is -2.18. The van der Waals surface area contributed by atoms with Crippen LogP contribution in [0.3, 0.4) is 0 Å². The predicted molar refractivity (Wildman–Crippen MR) is 104 cm³/mol. The molecule has 2 N–H and O–H groups in total. The van der Waals surface area contributed by atoms with Crippen LogP contribution in [-0.2, 0) is 24.2 Å². The molecule has 3 aromatic rings. The molecular weight excluding hydrogens is 350 g/mol. The molecule has 0 unspecified atom stereocenters. The summed E-state index contributed by atoms with van der Waals surface area (Å²) in [6, 6.07) is 12.4. The average molecular weight is 370 g/mol. The third-order valence-corrected chi connectivity index (χ3v) is 6.34. The number of thiazole rings is 1. The van der Waals surface area contributed by atoms with Crippen LogP contribution in [0.2, 0.25) is 0 Å². The molecule has 0 saturated carbocycles. The van der Waals surface area contributed by atoms with E-state index in [0.29, 0.717) is 18.0 Å². The van der Waals surface area contributed by atoms with Gasteiger partial charge in [-0.25, -0.2) is 4.98 Å². The number of hydrogen-bond acceptors (Lipinski definition) is 5. The number of aryl methyl sites for hydroxylation is 1. The van der Waals surface area contributed by atoms with E-state index in [1.54, 1.807) is 11.3 Å². The fourth-order valence-electron chi connectivity index (χ4n) is 3.23. The summed E-state index contributed by atoms with van der Waals surface area (Å²) >= 11 is 3.14. The third kappa shape index (κ3) is 3.45. The van der Waals surface area contributed by atoms with E-state index in [1.807, 2.05) is 28.5 Å². The van der Waals surface area contributed by atoms with Gasteiger partial charge in [0.2, 0.25) is 5.91 Å². The zero-order valence-electron chi connectivity index (χ0n) is 13.8. The second-order valence-corrected chi connectivity index (χ2v) is 8.20. The lowest BCUT2D eigenvalue weighted by atomic mass is 9.99. The smallest absolute Gasteiger partial charge is 0.223 e. The molecule has 6 heteroatoms. The summed E-state index contributed by atoms with van der Waals surface area (Å²) in [5.74, 6) is 0.207. The van der Waals surface area contributed by atoms with Gasteiger partial charge in [0.05, 0.1) is 10.6 Å². The first-order valence-electron chi connectivity index (χ1n) is 8.34. The van der Waals surface area contributed by atoms with Gasteiger partial charge in [0.1, 0.15) is 0 Å². The molecule has 1 amide bonds. The molecular formula is C19H19N3OS2. The number of benzene rings is 1.